The van der Waals surface area contributed by atoms with Crippen LogP contribution in [0.3, 0.4) is 0 Å². The summed E-state index contributed by atoms with van der Waals surface area (Å²) in [5.41, 5.74) is 0. The lowest BCUT2D eigenvalue weighted by Gasteiger charge is -2.02. The van der Waals surface area contributed by atoms with E-state index in [1.807, 2.05) is 0 Å². The van der Waals surface area contributed by atoms with Crippen LogP contribution in [0.1, 0.15) is 13.3 Å². The predicted molar refractivity (Wildman–Crippen MR) is 64.4 cm³/mol. The minimum atomic E-state index is 0. The molecule has 0 bridgehead atoms. The van der Waals surface area contributed by atoms with Crippen molar-refractivity contribution in [1.29, 1.82) is 0 Å². The first kappa shape index (κ1) is 18.6. The summed E-state index contributed by atoms with van der Waals surface area (Å²) in [6, 6.07) is 0. The van der Waals surface area contributed by atoms with Crippen molar-refractivity contribution < 1.29 is 0 Å². The van der Waals surface area contributed by atoms with Crippen molar-refractivity contribution in [2.24, 2.45) is 0 Å². The van der Waals surface area contributed by atoms with Gasteiger partial charge in [0.2, 0.25) is 0 Å². The van der Waals surface area contributed by atoms with Gasteiger partial charge in [-0.25, -0.2) is 0 Å². The van der Waals surface area contributed by atoms with Crippen LogP contribution in [0.25, 0.3) is 0 Å². The molecule has 0 aromatic rings. The number of nitrogens with one attached hydrogen (secondary N) is 2. The van der Waals surface area contributed by atoms with Gasteiger partial charge in [0.25, 0.3) is 0 Å². The van der Waals surface area contributed by atoms with E-state index in [9.17, 15) is 0 Å². The van der Waals surface area contributed by atoms with Crippen molar-refractivity contribution in [3.63, 3.8) is 0 Å². The first-order valence-corrected chi connectivity index (χ1v) is 4.57. The van der Waals surface area contributed by atoms with E-state index in [4.69, 9.17) is 0 Å². The molecule has 0 aromatic heterocycles. The molecule has 5 heteroatoms. The Bertz CT molecular complexity index is 59.4. The Morgan fingerprint density at radius 2 is 1.58 bits per heavy atom. The van der Waals surface area contributed by atoms with Gasteiger partial charge in [0.05, 0.1) is 0 Å². The molecule has 0 unspecified atom stereocenters. The van der Waals surface area contributed by atoms with E-state index in [2.05, 4.69) is 30.2 Å². The molecule has 0 fully saturated rings. The van der Waals surface area contributed by atoms with Crippen molar-refractivity contribution in [1.82, 2.24) is 10.6 Å². The molecule has 2 nitrogen and oxygen atoms in total. The molecule has 0 saturated heterocycles. The molecular formula is C7H20Cl2N2S. The molecule has 0 aliphatic heterocycles. The zero-order valence-corrected chi connectivity index (χ0v) is 10.0. The molecule has 0 aromatic carbocycles. The third kappa shape index (κ3) is 17.1. The van der Waals surface area contributed by atoms with E-state index in [0.29, 0.717) is 0 Å². The first-order chi connectivity index (χ1) is 4.91. The molecule has 2 N–H and O–H groups in total. The van der Waals surface area contributed by atoms with Gasteiger partial charge in [0.1, 0.15) is 0 Å². The van der Waals surface area contributed by atoms with Crippen molar-refractivity contribution in [3.8, 4) is 0 Å². The van der Waals surface area contributed by atoms with Gasteiger partial charge >= 0.3 is 0 Å². The van der Waals surface area contributed by atoms with Crippen molar-refractivity contribution in [3.05, 3.63) is 0 Å². The lowest BCUT2D eigenvalue weighted by atomic mass is 10.4. The fraction of sp³-hybridized carbons (Fsp3) is 1.00. The van der Waals surface area contributed by atoms with Crippen molar-refractivity contribution in [2.75, 3.05) is 31.9 Å². The highest BCUT2D eigenvalue weighted by Gasteiger charge is 1.84. The van der Waals surface area contributed by atoms with Crippen LogP contribution < -0.4 is 10.6 Å². The van der Waals surface area contributed by atoms with Crippen LogP contribution in [0, 0.1) is 0 Å². The van der Waals surface area contributed by atoms with Crippen LogP contribution in [0.5, 0.6) is 0 Å². The van der Waals surface area contributed by atoms with Crippen LogP contribution in [0.15, 0.2) is 0 Å². The average molecular weight is 235 g/mol. The maximum Gasteiger partial charge on any atom is 0.00397 e. The van der Waals surface area contributed by atoms with Crippen LogP contribution in [0.2, 0.25) is 0 Å². The second kappa shape index (κ2) is 17.8. The number of rotatable bonds is 7. The summed E-state index contributed by atoms with van der Waals surface area (Å²) < 4.78 is 0. The van der Waals surface area contributed by atoms with Crippen molar-refractivity contribution >= 4 is 37.4 Å². The summed E-state index contributed by atoms with van der Waals surface area (Å²) in [4.78, 5) is 0. The zero-order valence-electron chi connectivity index (χ0n) is 7.51. The van der Waals surface area contributed by atoms with Gasteiger partial charge in [-0.3, -0.25) is 0 Å². The highest BCUT2D eigenvalue weighted by atomic mass is 35.5. The van der Waals surface area contributed by atoms with Gasteiger partial charge in [-0.1, -0.05) is 6.92 Å². The fourth-order valence-corrected chi connectivity index (χ4v) is 0.877. The maximum atomic E-state index is 4.09. The number of halogens is 2. The highest BCUT2D eigenvalue weighted by Crippen LogP contribution is 1.73. The molecule has 78 valence electrons. The van der Waals surface area contributed by atoms with E-state index in [1.54, 1.807) is 0 Å². The smallest absolute Gasteiger partial charge is 0.00397 e. The fourth-order valence-electron chi connectivity index (χ4n) is 0.719. The monoisotopic (exact) mass is 234 g/mol. The molecule has 0 rings (SSSR count). The third-order valence-corrected chi connectivity index (χ3v) is 1.47. The standard InChI is InChI=1S/C7H18N2S.2ClH/c1-2-8-4-3-5-9-6-7-10;;/h8-10H,2-7H2,1H3;2*1H. The molecule has 0 heterocycles. The molecular weight excluding hydrogens is 215 g/mol. The lowest BCUT2D eigenvalue weighted by molar-refractivity contribution is 0.621. The van der Waals surface area contributed by atoms with Gasteiger partial charge < -0.3 is 10.6 Å². The molecule has 0 amide bonds. The Hall–Kier alpha value is 0.850. The number of thiol groups is 1. The lowest BCUT2D eigenvalue weighted by Crippen LogP contribution is -2.22. The van der Waals surface area contributed by atoms with Gasteiger partial charge in [-0.05, 0) is 26.1 Å². The Morgan fingerprint density at radius 1 is 1.00 bits per heavy atom. The molecule has 0 saturated carbocycles. The van der Waals surface area contributed by atoms with Crippen LogP contribution in [0.4, 0.5) is 0 Å². The van der Waals surface area contributed by atoms with Crippen molar-refractivity contribution in [2.45, 2.75) is 13.3 Å². The largest absolute Gasteiger partial charge is 0.317 e. The van der Waals surface area contributed by atoms with Gasteiger partial charge in [-0.15, -0.1) is 24.8 Å². The predicted octanol–water partition coefficient (Wildman–Crippen LogP) is 1.35. The molecule has 12 heavy (non-hydrogen) atoms. The topological polar surface area (TPSA) is 24.1 Å². The Kier molecular flexibility index (Phi) is 27.6. The summed E-state index contributed by atoms with van der Waals surface area (Å²) in [6.07, 6.45) is 1.21. The minimum Gasteiger partial charge on any atom is -0.317 e. The Balaban J connectivity index is -0.000000405. The Morgan fingerprint density at radius 3 is 2.08 bits per heavy atom. The second-order valence-electron chi connectivity index (χ2n) is 2.18. The SMILES string of the molecule is CCNCCCNCCS.Cl.Cl. The quantitative estimate of drug-likeness (QED) is 0.458. The molecule has 0 spiro atoms. The van der Waals surface area contributed by atoms with Gasteiger partial charge in [0, 0.05) is 12.3 Å². The normalized spacial score (nSPS) is 8.50. The molecule has 0 aliphatic rings. The van der Waals surface area contributed by atoms with Crippen LogP contribution in [-0.2, 0) is 0 Å². The summed E-state index contributed by atoms with van der Waals surface area (Å²) in [7, 11) is 0. The zero-order chi connectivity index (χ0) is 7.66. The summed E-state index contributed by atoms with van der Waals surface area (Å²) in [5, 5.41) is 6.54. The summed E-state index contributed by atoms with van der Waals surface area (Å²) in [6.45, 7) is 6.45. The maximum absolute atomic E-state index is 4.09. The third-order valence-electron chi connectivity index (χ3n) is 1.25. The summed E-state index contributed by atoms with van der Waals surface area (Å²) >= 11 is 4.09. The molecule has 0 radical (unpaired) electrons. The molecule has 0 aliphatic carbocycles. The van der Waals surface area contributed by atoms with E-state index < -0.39 is 0 Å². The van der Waals surface area contributed by atoms with E-state index in [1.165, 1.54) is 6.42 Å². The second-order valence-corrected chi connectivity index (χ2v) is 2.63. The first-order valence-electron chi connectivity index (χ1n) is 3.94. The Labute approximate surface area is 93.5 Å². The van der Waals surface area contributed by atoms with Crippen LogP contribution >= 0.6 is 37.4 Å². The van der Waals surface area contributed by atoms with E-state index in [0.717, 1.165) is 31.9 Å². The number of hydrogen-bond acceptors (Lipinski definition) is 3. The van der Waals surface area contributed by atoms with E-state index in [-0.39, 0.29) is 24.8 Å². The van der Waals surface area contributed by atoms with E-state index >= 15 is 0 Å². The minimum absolute atomic E-state index is 0. The average Bonchev–Trinajstić information content (AvgIpc) is 1.97. The highest BCUT2D eigenvalue weighted by molar-refractivity contribution is 7.80. The van der Waals surface area contributed by atoms with Crippen LogP contribution in [-0.4, -0.2) is 31.9 Å². The van der Waals surface area contributed by atoms with Gasteiger partial charge in [0.15, 0.2) is 0 Å². The number of hydrogen-bond donors (Lipinski definition) is 3. The molecule has 0 atom stereocenters. The van der Waals surface area contributed by atoms with Gasteiger partial charge in [-0.2, -0.15) is 12.6 Å². The summed E-state index contributed by atoms with van der Waals surface area (Å²) in [5.74, 6) is 0.932.